The van der Waals surface area contributed by atoms with Crippen LogP contribution in [-0.2, 0) is 15.4 Å². The van der Waals surface area contributed by atoms with Crippen molar-refractivity contribution < 1.29 is 13.3 Å². The van der Waals surface area contributed by atoms with Gasteiger partial charge in [-0.25, -0.2) is 8.42 Å². The van der Waals surface area contributed by atoms with Crippen molar-refractivity contribution in [3.63, 3.8) is 0 Å². The van der Waals surface area contributed by atoms with E-state index in [1.54, 1.807) is 20.1 Å². The van der Waals surface area contributed by atoms with Gasteiger partial charge in [-0.15, -0.1) is 0 Å². The number of likely N-dealkylation sites (N-methyl/N-ethyl adjacent to an activating group) is 1. The third kappa shape index (κ3) is 4.49. The maximum absolute atomic E-state index is 12.7. The second kappa shape index (κ2) is 9.32. The molecule has 0 aromatic heterocycles. The lowest BCUT2D eigenvalue weighted by atomic mass is 9.84. The number of hydrazone groups is 1. The number of rotatable bonds is 8. The molecular formula is C23H29N5O4S. The quantitative estimate of drug-likeness (QED) is 0.349. The van der Waals surface area contributed by atoms with E-state index in [1.807, 2.05) is 25.3 Å². The van der Waals surface area contributed by atoms with E-state index >= 15 is 0 Å². The maximum atomic E-state index is 12.7. The van der Waals surface area contributed by atoms with Gasteiger partial charge in [0.05, 0.1) is 9.82 Å². The molecule has 1 aliphatic heterocycles. The highest BCUT2D eigenvalue weighted by Crippen LogP contribution is 2.46. The van der Waals surface area contributed by atoms with Gasteiger partial charge in [0.2, 0.25) is 10.0 Å². The molecule has 0 fully saturated rings. The first kappa shape index (κ1) is 24.4. The topological polar surface area (TPSA) is 108 Å². The van der Waals surface area contributed by atoms with Gasteiger partial charge in [0.25, 0.3) is 5.69 Å². The lowest BCUT2D eigenvalue weighted by molar-refractivity contribution is -0.384. The Morgan fingerprint density at radius 2 is 1.85 bits per heavy atom. The van der Waals surface area contributed by atoms with Crippen LogP contribution < -0.4 is 10.3 Å². The van der Waals surface area contributed by atoms with Gasteiger partial charge in [-0.2, -0.15) is 9.41 Å². The minimum atomic E-state index is -3.81. The molecule has 0 spiro atoms. The van der Waals surface area contributed by atoms with E-state index < -0.39 is 14.9 Å². The molecule has 10 heteroatoms. The first-order chi connectivity index (χ1) is 15.6. The van der Waals surface area contributed by atoms with Crippen LogP contribution in [0.3, 0.4) is 0 Å². The van der Waals surface area contributed by atoms with Crippen LogP contribution in [0.15, 0.2) is 64.2 Å². The zero-order valence-electron chi connectivity index (χ0n) is 19.4. The number of sulfonamides is 1. The van der Waals surface area contributed by atoms with Crippen LogP contribution in [0, 0.1) is 10.1 Å². The summed E-state index contributed by atoms with van der Waals surface area (Å²) in [6.45, 7) is 8.25. The largest absolute Gasteiger partial charge is 0.347 e. The summed E-state index contributed by atoms with van der Waals surface area (Å²) in [5, 5.41) is 15.7. The second-order valence-corrected chi connectivity index (χ2v) is 10.1. The molecule has 1 heterocycles. The van der Waals surface area contributed by atoms with Crippen LogP contribution in [-0.4, -0.2) is 44.0 Å². The van der Waals surface area contributed by atoms with Crippen molar-refractivity contribution in [2.24, 2.45) is 5.10 Å². The number of para-hydroxylation sites is 1. The Kier molecular flexibility index (Phi) is 6.89. The van der Waals surface area contributed by atoms with Crippen molar-refractivity contribution in [3.05, 3.63) is 69.9 Å². The van der Waals surface area contributed by atoms with Crippen LogP contribution in [0.25, 0.3) is 0 Å². The van der Waals surface area contributed by atoms with Gasteiger partial charge in [-0.3, -0.25) is 15.5 Å². The lowest BCUT2D eigenvalue weighted by Crippen LogP contribution is -2.30. The summed E-state index contributed by atoms with van der Waals surface area (Å²) in [6.07, 6.45) is 3.40. The van der Waals surface area contributed by atoms with Crippen LogP contribution in [0.2, 0.25) is 0 Å². The molecule has 0 saturated carbocycles. The zero-order valence-corrected chi connectivity index (χ0v) is 20.3. The summed E-state index contributed by atoms with van der Waals surface area (Å²) in [5.74, 6) is 0. The Hall–Kier alpha value is -3.24. The molecular weight excluding hydrogens is 442 g/mol. The molecule has 9 nitrogen and oxygen atoms in total. The Morgan fingerprint density at radius 3 is 2.45 bits per heavy atom. The summed E-state index contributed by atoms with van der Waals surface area (Å²) in [4.78, 5) is 12.9. The fraction of sp³-hybridized carbons (Fsp3) is 0.348. The number of nitrogens with one attached hydrogen (secondary N) is 1. The highest BCUT2D eigenvalue weighted by atomic mass is 32.2. The monoisotopic (exact) mass is 471 g/mol. The third-order valence-corrected chi connectivity index (χ3v) is 7.99. The highest BCUT2D eigenvalue weighted by Gasteiger charge is 2.37. The minimum absolute atomic E-state index is 0.107. The van der Waals surface area contributed by atoms with Crippen LogP contribution in [0.5, 0.6) is 0 Å². The number of allylic oxidation sites excluding steroid dienone is 2. The zero-order chi connectivity index (χ0) is 24.4. The maximum Gasteiger partial charge on any atom is 0.295 e. The van der Waals surface area contributed by atoms with E-state index in [4.69, 9.17) is 0 Å². The SMILES string of the molecule is CCN(CC)S(=O)(=O)c1ccc(NN=CC=C2N(C)c3ccccc3C2(C)C)c([N+](=O)[O-])c1. The van der Waals surface area contributed by atoms with Crippen molar-refractivity contribution in [2.45, 2.75) is 38.0 Å². The highest BCUT2D eigenvalue weighted by molar-refractivity contribution is 7.89. The van der Waals surface area contributed by atoms with E-state index in [1.165, 1.54) is 22.0 Å². The van der Waals surface area contributed by atoms with Gasteiger partial charge in [0.1, 0.15) is 5.69 Å². The van der Waals surface area contributed by atoms with Gasteiger partial charge in [-0.05, 0) is 29.8 Å². The van der Waals surface area contributed by atoms with Gasteiger partial charge >= 0.3 is 0 Å². The van der Waals surface area contributed by atoms with Crippen molar-refractivity contribution in [2.75, 3.05) is 30.5 Å². The van der Waals surface area contributed by atoms with Crippen LogP contribution in [0.4, 0.5) is 17.1 Å². The van der Waals surface area contributed by atoms with Crippen molar-refractivity contribution in [1.82, 2.24) is 4.31 Å². The average molecular weight is 472 g/mol. The molecule has 0 saturated heterocycles. The number of anilines is 2. The fourth-order valence-electron chi connectivity index (χ4n) is 4.15. The first-order valence-electron chi connectivity index (χ1n) is 10.7. The Morgan fingerprint density at radius 1 is 1.18 bits per heavy atom. The first-order valence-corrected chi connectivity index (χ1v) is 12.1. The molecule has 176 valence electrons. The number of nitrogens with zero attached hydrogens (tertiary/aromatic N) is 4. The van der Waals surface area contributed by atoms with Crippen molar-refractivity contribution >= 4 is 33.3 Å². The van der Waals surface area contributed by atoms with Crippen LogP contribution >= 0.6 is 0 Å². The standard InChI is InChI=1S/C23H29N5O4S/c1-6-27(7-2)33(31,32)17-12-13-19(21(16-17)28(29)30)25-24-15-14-22-23(3,4)18-10-8-9-11-20(18)26(22)5/h8-16,25H,6-7H2,1-5H3. The van der Waals surface area contributed by atoms with E-state index in [0.29, 0.717) is 0 Å². The minimum Gasteiger partial charge on any atom is -0.347 e. The molecule has 33 heavy (non-hydrogen) atoms. The second-order valence-electron chi connectivity index (χ2n) is 8.17. The predicted molar refractivity (Wildman–Crippen MR) is 131 cm³/mol. The molecule has 2 aromatic carbocycles. The molecule has 0 bridgehead atoms. The van der Waals surface area contributed by atoms with E-state index in [0.717, 1.165) is 17.5 Å². The lowest BCUT2D eigenvalue weighted by Gasteiger charge is -2.23. The summed E-state index contributed by atoms with van der Waals surface area (Å²) >= 11 is 0. The van der Waals surface area contributed by atoms with E-state index in [-0.39, 0.29) is 34.8 Å². The van der Waals surface area contributed by atoms with E-state index in [9.17, 15) is 18.5 Å². The Bertz CT molecular complexity index is 1220. The van der Waals surface area contributed by atoms with Gasteiger partial charge in [0.15, 0.2) is 0 Å². The van der Waals surface area contributed by atoms with Crippen molar-refractivity contribution in [3.8, 4) is 0 Å². The molecule has 1 aliphatic rings. The molecule has 0 radical (unpaired) electrons. The summed E-state index contributed by atoms with van der Waals surface area (Å²) < 4.78 is 26.7. The molecule has 0 atom stereocenters. The molecule has 3 rings (SSSR count). The predicted octanol–water partition coefficient (Wildman–Crippen LogP) is 4.33. The molecule has 0 amide bonds. The Balaban J connectivity index is 1.85. The number of fused-ring (bicyclic) bond motifs is 1. The van der Waals surface area contributed by atoms with Gasteiger partial charge in [0, 0.05) is 49.2 Å². The number of nitro groups is 1. The summed E-state index contributed by atoms with van der Waals surface area (Å²) in [5.41, 5.74) is 5.56. The molecule has 0 aliphatic carbocycles. The number of hydrogen-bond donors (Lipinski definition) is 1. The average Bonchev–Trinajstić information content (AvgIpc) is 2.97. The molecule has 1 N–H and O–H groups in total. The normalized spacial score (nSPS) is 16.5. The number of hydrogen-bond acceptors (Lipinski definition) is 7. The third-order valence-electron chi connectivity index (χ3n) is 5.94. The van der Waals surface area contributed by atoms with Gasteiger partial charge < -0.3 is 4.90 Å². The van der Waals surface area contributed by atoms with Gasteiger partial charge in [-0.1, -0.05) is 45.9 Å². The summed E-state index contributed by atoms with van der Waals surface area (Å²) in [6, 6.07) is 11.9. The van der Waals surface area contributed by atoms with E-state index in [2.05, 4.69) is 41.4 Å². The molecule has 2 aromatic rings. The summed E-state index contributed by atoms with van der Waals surface area (Å²) in [7, 11) is -1.82. The fourth-order valence-corrected chi connectivity index (χ4v) is 5.63. The number of nitro benzene ring substituents is 1. The van der Waals surface area contributed by atoms with Crippen LogP contribution in [0.1, 0.15) is 33.3 Å². The smallest absolute Gasteiger partial charge is 0.295 e. The molecule has 0 unspecified atom stereocenters. The number of benzene rings is 2. The Labute approximate surface area is 194 Å². The van der Waals surface area contributed by atoms with Crippen molar-refractivity contribution in [1.29, 1.82) is 0 Å².